The molecule has 0 bridgehead atoms. The molecule has 3 unspecified atom stereocenters. The minimum atomic E-state index is -0.228. The van der Waals surface area contributed by atoms with E-state index in [0.29, 0.717) is 0 Å². The average molecular weight is 317 g/mol. The molecule has 22 heavy (non-hydrogen) atoms. The quantitative estimate of drug-likeness (QED) is 0.714. The van der Waals surface area contributed by atoms with Gasteiger partial charge in [-0.15, -0.1) is 12.4 Å². The first kappa shape index (κ1) is 15.0. The molecule has 1 aliphatic heterocycles. The van der Waals surface area contributed by atoms with E-state index < -0.39 is 0 Å². The van der Waals surface area contributed by atoms with Crippen molar-refractivity contribution >= 4 is 23.2 Å². The molecule has 1 aromatic heterocycles. The van der Waals surface area contributed by atoms with Crippen molar-refractivity contribution in [3.8, 4) is 0 Å². The van der Waals surface area contributed by atoms with Gasteiger partial charge in [0.05, 0.1) is 6.33 Å². The second-order valence-electron chi connectivity index (χ2n) is 5.27. The highest BCUT2D eigenvalue weighted by atomic mass is 35.5. The van der Waals surface area contributed by atoms with Crippen LogP contribution in [0.1, 0.15) is 24.8 Å². The van der Waals surface area contributed by atoms with Crippen molar-refractivity contribution in [2.24, 2.45) is 0 Å². The third-order valence-corrected chi connectivity index (χ3v) is 3.85. The van der Waals surface area contributed by atoms with Gasteiger partial charge in [-0.3, -0.25) is 0 Å². The standard InChI is InChI=1S/C17H16N2O2.ClH/c1-12-20-16(17(21-12)19-9-8-18-11-19)15-7-6-13-4-2-3-5-14(13)10-15;/h2-12,16-17H,1H3;1H. The maximum absolute atomic E-state index is 5.96. The molecule has 0 N–H and O–H groups in total. The van der Waals surface area contributed by atoms with Crippen LogP contribution in [-0.2, 0) is 9.47 Å². The number of benzene rings is 2. The van der Waals surface area contributed by atoms with E-state index in [1.54, 1.807) is 12.5 Å². The van der Waals surface area contributed by atoms with Crippen molar-refractivity contribution in [1.82, 2.24) is 9.55 Å². The van der Waals surface area contributed by atoms with Crippen molar-refractivity contribution in [2.75, 3.05) is 0 Å². The summed E-state index contributed by atoms with van der Waals surface area (Å²) in [4.78, 5) is 4.10. The first-order valence-electron chi connectivity index (χ1n) is 7.08. The van der Waals surface area contributed by atoms with Gasteiger partial charge >= 0.3 is 0 Å². The lowest BCUT2D eigenvalue weighted by Gasteiger charge is -2.18. The Labute approximate surface area is 135 Å². The van der Waals surface area contributed by atoms with Gasteiger partial charge < -0.3 is 14.0 Å². The zero-order chi connectivity index (χ0) is 14.2. The molecule has 2 heterocycles. The van der Waals surface area contributed by atoms with E-state index in [9.17, 15) is 0 Å². The fourth-order valence-corrected chi connectivity index (χ4v) is 2.85. The highest BCUT2D eigenvalue weighted by Gasteiger charge is 2.36. The molecule has 0 aliphatic carbocycles. The molecule has 4 nitrogen and oxygen atoms in total. The summed E-state index contributed by atoms with van der Waals surface area (Å²) in [7, 11) is 0. The van der Waals surface area contributed by atoms with Gasteiger partial charge in [-0.2, -0.15) is 0 Å². The van der Waals surface area contributed by atoms with E-state index in [2.05, 4.69) is 35.3 Å². The van der Waals surface area contributed by atoms with Gasteiger partial charge in [0.1, 0.15) is 6.10 Å². The number of fused-ring (bicyclic) bond motifs is 1. The summed E-state index contributed by atoms with van der Waals surface area (Å²) in [5.74, 6) is 0. The first-order chi connectivity index (χ1) is 10.3. The van der Waals surface area contributed by atoms with Gasteiger partial charge in [-0.05, 0) is 29.3 Å². The van der Waals surface area contributed by atoms with Crippen molar-refractivity contribution in [3.05, 3.63) is 66.7 Å². The Morgan fingerprint density at radius 3 is 2.64 bits per heavy atom. The molecule has 4 rings (SSSR count). The SMILES string of the molecule is CC1OC(c2ccc3ccccc3c2)C(n2ccnc2)O1.Cl. The predicted octanol–water partition coefficient (Wildman–Crippen LogP) is 4.09. The normalized spacial score (nSPS) is 24.3. The molecule has 3 aromatic rings. The van der Waals surface area contributed by atoms with E-state index in [-0.39, 0.29) is 31.0 Å². The molecule has 3 atom stereocenters. The van der Waals surface area contributed by atoms with Crippen LogP contribution in [0.25, 0.3) is 10.8 Å². The minimum Gasteiger partial charge on any atom is -0.340 e. The van der Waals surface area contributed by atoms with E-state index in [1.165, 1.54) is 10.8 Å². The molecule has 0 spiro atoms. The Kier molecular flexibility index (Phi) is 4.16. The van der Waals surface area contributed by atoms with Crippen LogP contribution in [-0.4, -0.2) is 15.8 Å². The number of ether oxygens (including phenoxy) is 2. The van der Waals surface area contributed by atoms with E-state index >= 15 is 0 Å². The fraction of sp³-hybridized carbons (Fsp3) is 0.235. The number of rotatable bonds is 2. The molecule has 1 fully saturated rings. The summed E-state index contributed by atoms with van der Waals surface area (Å²) in [5, 5.41) is 2.44. The summed E-state index contributed by atoms with van der Waals surface area (Å²) < 4.78 is 13.8. The van der Waals surface area contributed by atoms with Crippen molar-refractivity contribution in [3.63, 3.8) is 0 Å². The Morgan fingerprint density at radius 1 is 1.05 bits per heavy atom. The molecule has 2 aromatic carbocycles. The maximum atomic E-state index is 5.96. The third kappa shape index (κ3) is 2.61. The van der Waals surface area contributed by atoms with Crippen LogP contribution in [0, 0.1) is 0 Å². The number of imidazole rings is 1. The van der Waals surface area contributed by atoms with Crippen LogP contribution < -0.4 is 0 Å². The van der Waals surface area contributed by atoms with Crippen molar-refractivity contribution < 1.29 is 9.47 Å². The van der Waals surface area contributed by atoms with Gasteiger partial charge in [0.15, 0.2) is 12.5 Å². The molecular weight excluding hydrogens is 300 g/mol. The summed E-state index contributed by atoms with van der Waals surface area (Å²) in [6, 6.07) is 14.7. The fourth-order valence-electron chi connectivity index (χ4n) is 2.85. The second kappa shape index (κ2) is 6.08. The van der Waals surface area contributed by atoms with E-state index in [0.717, 1.165) is 5.56 Å². The summed E-state index contributed by atoms with van der Waals surface area (Å²) >= 11 is 0. The minimum absolute atomic E-state index is 0. The lowest BCUT2D eigenvalue weighted by molar-refractivity contribution is -0.0608. The number of hydrogen-bond donors (Lipinski definition) is 0. The molecule has 0 amide bonds. The Balaban J connectivity index is 0.00000144. The van der Waals surface area contributed by atoms with Gasteiger partial charge in [-0.25, -0.2) is 4.98 Å². The number of aromatic nitrogens is 2. The van der Waals surface area contributed by atoms with Gasteiger partial charge in [0.2, 0.25) is 0 Å². The van der Waals surface area contributed by atoms with Crippen LogP contribution in [0.15, 0.2) is 61.2 Å². The van der Waals surface area contributed by atoms with Crippen molar-refractivity contribution in [1.29, 1.82) is 0 Å². The zero-order valence-electron chi connectivity index (χ0n) is 12.1. The van der Waals surface area contributed by atoms with Crippen molar-refractivity contribution in [2.45, 2.75) is 25.5 Å². The highest BCUT2D eigenvalue weighted by molar-refractivity contribution is 5.85. The zero-order valence-corrected chi connectivity index (χ0v) is 12.9. The van der Waals surface area contributed by atoms with Crippen LogP contribution in [0.4, 0.5) is 0 Å². The Morgan fingerprint density at radius 2 is 1.86 bits per heavy atom. The van der Waals surface area contributed by atoms with Gasteiger partial charge in [0.25, 0.3) is 0 Å². The summed E-state index contributed by atoms with van der Waals surface area (Å²) in [6.45, 7) is 1.92. The van der Waals surface area contributed by atoms with Gasteiger partial charge in [0, 0.05) is 12.4 Å². The van der Waals surface area contributed by atoms with Crippen LogP contribution in [0.3, 0.4) is 0 Å². The van der Waals surface area contributed by atoms with Crippen LogP contribution in [0.5, 0.6) is 0 Å². The molecule has 1 aliphatic rings. The number of nitrogens with zero attached hydrogens (tertiary/aromatic N) is 2. The Hall–Kier alpha value is -1.88. The predicted molar refractivity (Wildman–Crippen MR) is 86.8 cm³/mol. The monoisotopic (exact) mass is 316 g/mol. The molecular formula is C17H17ClN2O2. The highest BCUT2D eigenvalue weighted by Crippen LogP contribution is 2.39. The van der Waals surface area contributed by atoms with E-state index in [4.69, 9.17) is 9.47 Å². The first-order valence-corrected chi connectivity index (χ1v) is 7.08. The number of hydrogen-bond acceptors (Lipinski definition) is 3. The molecule has 0 radical (unpaired) electrons. The number of halogens is 1. The second-order valence-corrected chi connectivity index (χ2v) is 5.27. The summed E-state index contributed by atoms with van der Waals surface area (Å²) in [6.07, 6.45) is 4.89. The maximum Gasteiger partial charge on any atom is 0.168 e. The summed E-state index contributed by atoms with van der Waals surface area (Å²) in [5.41, 5.74) is 1.12. The molecule has 114 valence electrons. The van der Waals surface area contributed by atoms with Crippen LogP contribution >= 0.6 is 12.4 Å². The van der Waals surface area contributed by atoms with Gasteiger partial charge in [-0.1, -0.05) is 36.4 Å². The molecule has 5 heteroatoms. The van der Waals surface area contributed by atoms with Crippen LogP contribution in [0.2, 0.25) is 0 Å². The third-order valence-electron chi connectivity index (χ3n) is 3.85. The lowest BCUT2D eigenvalue weighted by atomic mass is 10.0. The lowest BCUT2D eigenvalue weighted by Crippen LogP contribution is -2.13. The largest absolute Gasteiger partial charge is 0.340 e. The molecule has 0 saturated carbocycles. The Bertz CT molecular complexity index is 760. The molecule has 1 saturated heterocycles. The topological polar surface area (TPSA) is 36.3 Å². The average Bonchev–Trinajstić information content (AvgIpc) is 3.15. The van der Waals surface area contributed by atoms with E-state index in [1.807, 2.05) is 29.8 Å². The smallest absolute Gasteiger partial charge is 0.168 e.